The molecule has 0 unspecified atom stereocenters. The molecule has 1 saturated heterocycles. The summed E-state index contributed by atoms with van der Waals surface area (Å²) in [6.45, 7) is 11.2. The second-order valence-electron chi connectivity index (χ2n) is 10.7. The molecule has 14 nitrogen and oxygen atoms in total. The minimum Gasteiger partial charge on any atom is -0.378 e. The van der Waals surface area contributed by atoms with Crippen molar-refractivity contribution in [2.24, 2.45) is 5.73 Å². The third kappa shape index (κ3) is 12.0. The number of anilines is 3. The first-order chi connectivity index (χ1) is 22.7. The number of carbonyl (C=O) groups excluding carboxylic acids is 2. The SMILES string of the molecule is NCCOCCOCCOCCOCCOCCOCCN1CCN(CC(=O)N2c3ccccc3C(=O)Nc3cccnc32)CC1. The van der Waals surface area contributed by atoms with Crippen LogP contribution in [0.4, 0.5) is 17.2 Å². The molecular weight excluding hydrogens is 596 g/mol. The van der Waals surface area contributed by atoms with Crippen LogP contribution in [-0.2, 0) is 33.2 Å². The monoisotopic (exact) mass is 644 g/mol. The van der Waals surface area contributed by atoms with E-state index in [9.17, 15) is 9.59 Å². The highest BCUT2D eigenvalue weighted by Crippen LogP contribution is 2.36. The maximum atomic E-state index is 13.6. The van der Waals surface area contributed by atoms with Gasteiger partial charge in [-0.3, -0.25) is 24.3 Å². The first-order valence-corrected chi connectivity index (χ1v) is 16.0. The Morgan fingerprint density at radius 1 is 0.717 bits per heavy atom. The largest absolute Gasteiger partial charge is 0.378 e. The zero-order valence-corrected chi connectivity index (χ0v) is 26.6. The molecule has 14 heteroatoms. The molecule has 46 heavy (non-hydrogen) atoms. The van der Waals surface area contributed by atoms with E-state index < -0.39 is 0 Å². The van der Waals surface area contributed by atoms with Gasteiger partial charge in [0.15, 0.2) is 5.82 Å². The molecule has 0 bridgehead atoms. The molecule has 2 aromatic rings. The number of benzene rings is 1. The summed E-state index contributed by atoms with van der Waals surface area (Å²) in [6.07, 6.45) is 1.63. The van der Waals surface area contributed by atoms with E-state index in [-0.39, 0.29) is 18.4 Å². The van der Waals surface area contributed by atoms with Gasteiger partial charge in [0.2, 0.25) is 5.91 Å². The van der Waals surface area contributed by atoms with Crippen molar-refractivity contribution in [1.82, 2.24) is 14.8 Å². The molecule has 1 aromatic heterocycles. The summed E-state index contributed by atoms with van der Waals surface area (Å²) >= 11 is 0. The van der Waals surface area contributed by atoms with Gasteiger partial charge in [-0.05, 0) is 24.3 Å². The Kier molecular flexibility index (Phi) is 16.3. The number of nitrogens with zero attached hydrogens (tertiary/aromatic N) is 4. The molecule has 1 aromatic carbocycles. The van der Waals surface area contributed by atoms with Crippen LogP contribution in [0, 0.1) is 0 Å². The van der Waals surface area contributed by atoms with Gasteiger partial charge in [-0.1, -0.05) is 12.1 Å². The number of fused-ring (bicyclic) bond motifs is 2. The van der Waals surface area contributed by atoms with Crippen molar-refractivity contribution in [1.29, 1.82) is 0 Å². The van der Waals surface area contributed by atoms with Crippen molar-refractivity contribution in [3.63, 3.8) is 0 Å². The lowest BCUT2D eigenvalue weighted by Crippen LogP contribution is -2.50. The number of ether oxygens (including phenoxy) is 6. The molecule has 254 valence electrons. The van der Waals surface area contributed by atoms with Crippen LogP contribution in [0.3, 0.4) is 0 Å². The maximum absolute atomic E-state index is 13.6. The first-order valence-electron chi connectivity index (χ1n) is 16.0. The fraction of sp³-hybridized carbons (Fsp3) is 0.594. The van der Waals surface area contributed by atoms with Crippen LogP contribution in [0.2, 0.25) is 0 Å². The molecular formula is C32H48N6O8. The molecule has 0 aliphatic carbocycles. The molecule has 2 aliphatic heterocycles. The Balaban J connectivity index is 1.01. The smallest absolute Gasteiger partial charge is 0.257 e. The highest BCUT2D eigenvalue weighted by molar-refractivity contribution is 6.17. The van der Waals surface area contributed by atoms with Crippen LogP contribution in [0.1, 0.15) is 10.4 Å². The van der Waals surface area contributed by atoms with Crippen molar-refractivity contribution < 1.29 is 38.0 Å². The van der Waals surface area contributed by atoms with Gasteiger partial charge >= 0.3 is 0 Å². The van der Waals surface area contributed by atoms with E-state index in [4.69, 9.17) is 34.2 Å². The Hall–Kier alpha value is -3.05. The zero-order chi connectivity index (χ0) is 32.2. The van der Waals surface area contributed by atoms with Crippen molar-refractivity contribution in [2.75, 3.05) is 135 Å². The summed E-state index contributed by atoms with van der Waals surface area (Å²) in [6, 6.07) is 10.6. The van der Waals surface area contributed by atoms with Gasteiger partial charge in [-0.15, -0.1) is 0 Å². The van der Waals surface area contributed by atoms with E-state index in [0.717, 1.165) is 32.7 Å². The number of hydrogen-bond donors (Lipinski definition) is 2. The molecule has 0 spiro atoms. The van der Waals surface area contributed by atoms with Gasteiger partial charge in [0, 0.05) is 45.5 Å². The fourth-order valence-electron chi connectivity index (χ4n) is 5.00. The molecule has 0 atom stereocenters. The third-order valence-electron chi connectivity index (χ3n) is 7.38. The van der Waals surface area contributed by atoms with Crippen LogP contribution in [0.15, 0.2) is 42.6 Å². The van der Waals surface area contributed by atoms with E-state index in [2.05, 4.69) is 20.1 Å². The number of nitrogens with two attached hydrogens (primary N) is 1. The number of nitrogens with one attached hydrogen (secondary N) is 1. The van der Waals surface area contributed by atoms with E-state index in [1.54, 1.807) is 41.4 Å². The van der Waals surface area contributed by atoms with Gasteiger partial charge in [0.25, 0.3) is 5.91 Å². The average molecular weight is 645 g/mol. The number of piperazine rings is 1. The van der Waals surface area contributed by atoms with Crippen molar-refractivity contribution in [3.05, 3.63) is 48.2 Å². The average Bonchev–Trinajstić information content (AvgIpc) is 3.20. The number of aromatic nitrogens is 1. The van der Waals surface area contributed by atoms with Gasteiger partial charge in [-0.2, -0.15) is 0 Å². The normalized spacial score (nSPS) is 15.3. The molecule has 2 amide bonds. The highest BCUT2D eigenvalue weighted by atomic mass is 16.6. The molecule has 1 fully saturated rings. The number of hydrogen-bond acceptors (Lipinski definition) is 12. The summed E-state index contributed by atoms with van der Waals surface area (Å²) in [5, 5.41) is 2.88. The molecule has 4 rings (SSSR count). The number of para-hydroxylation sites is 1. The van der Waals surface area contributed by atoms with Crippen molar-refractivity contribution in [2.45, 2.75) is 0 Å². The Morgan fingerprint density at radius 3 is 1.87 bits per heavy atom. The zero-order valence-electron chi connectivity index (χ0n) is 26.6. The van der Waals surface area contributed by atoms with Gasteiger partial charge in [0.1, 0.15) is 0 Å². The first kappa shape index (κ1) is 35.8. The molecule has 0 radical (unpaired) electrons. The Labute approximate surface area is 271 Å². The van der Waals surface area contributed by atoms with Crippen molar-refractivity contribution in [3.8, 4) is 0 Å². The summed E-state index contributed by atoms with van der Waals surface area (Å²) in [7, 11) is 0. The van der Waals surface area contributed by atoms with Crippen molar-refractivity contribution >= 4 is 29.0 Å². The van der Waals surface area contributed by atoms with Crippen LogP contribution in [0.5, 0.6) is 0 Å². The van der Waals surface area contributed by atoms with E-state index in [1.165, 1.54) is 0 Å². The lowest BCUT2D eigenvalue weighted by atomic mass is 10.1. The minimum atomic E-state index is -0.256. The predicted octanol–water partition coefficient (Wildman–Crippen LogP) is 0.988. The molecule has 3 N–H and O–H groups in total. The standard InChI is InChI=1S/C32H48N6O8/c33-7-14-41-16-18-43-20-22-45-24-25-46-23-21-44-19-17-42-15-13-36-9-11-37(12-10-36)26-30(39)38-29-6-2-1-4-27(29)32(40)35-28-5-3-8-34-31(28)38/h1-6,8H,7,9-26,33H2,(H,35,40). The fourth-order valence-corrected chi connectivity index (χ4v) is 5.00. The number of rotatable bonds is 22. The lowest BCUT2D eigenvalue weighted by molar-refractivity contribution is -0.119. The third-order valence-corrected chi connectivity index (χ3v) is 7.38. The second kappa shape index (κ2) is 20.9. The Bertz CT molecular complexity index is 1180. The maximum Gasteiger partial charge on any atom is 0.257 e. The summed E-state index contributed by atoms with van der Waals surface area (Å²) in [4.78, 5) is 36.9. The molecule has 3 heterocycles. The predicted molar refractivity (Wildman–Crippen MR) is 173 cm³/mol. The topological polar surface area (TPSA) is 150 Å². The summed E-state index contributed by atoms with van der Waals surface area (Å²) in [5.74, 6) is 0.0530. The van der Waals surface area contributed by atoms with Crippen LogP contribution in [-0.4, -0.2) is 152 Å². The number of pyridine rings is 1. The minimum absolute atomic E-state index is 0.124. The molecule has 2 aliphatic rings. The number of amides is 2. The van der Waals surface area contributed by atoms with E-state index >= 15 is 0 Å². The van der Waals surface area contributed by atoms with Gasteiger partial charge in [-0.25, -0.2) is 4.98 Å². The summed E-state index contributed by atoms with van der Waals surface area (Å²) in [5.41, 5.74) is 6.84. The van der Waals surface area contributed by atoms with Gasteiger partial charge < -0.3 is 39.5 Å². The number of carbonyl (C=O) groups is 2. The highest BCUT2D eigenvalue weighted by Gasteiger charge is 2.31. The lowest BCUT2D eigenvalue weighted by Gasteiger charge is -2.35. The Morgan fingerprint density at radius 2 is 1.26 bits per heavy atom. The van der Waals surface area contributed by atoms with Crippen LogP contribution >= 0.6 is 0 Å². The van der Waals surface area contributed by atoms with Crippen LogP contribution in [0.25, 0.3) is 0 Å². The van der Waals surface area contributed by atoms with Gasteiger partial charge in [0.05, 0.1) is 103 Å². The quantitative estimate of drug-likeness (QED) is 0.176. The van der Waals surface area contributed by atoms with E-state index in [1.807, 2.05) is 6.07 Å². The summed E-state index contributed by atoms with van der Waals surface area (Å²) < 4.78 is 32.9. The molecule has 0 saturated carbocycles. The van der Waals surface area contributed by atoms with Crippen LogP contribution < -0.4 is 16.0 Å². The van der Waals surface area contributed by atoms with E-state index in [0.29, 0.717) is 109 Å². The second-order valence-corrected chi connectivity index (χ2v) is 10.7.